The summed E-state index contributed by atoms with van der Waals surface area (Å²) < 4.78 is 14.2. The quantitative estimate of drug-likeness (QED) is 0.530. The van der Waals surface area contributed by atoms with Gasteiger partial charge in [-0.15, -0.1) is 11.3 Å². The van der Waals surface area contributed by atoms with E-state index in [0.29, 0.717) is 30.1 Å². The number of carbonyl (C=O) groups is 2. The van der Waals surface area contributed by atoms with Crippen LogP contribution in [0, 0.1) is 32.0 Å². The van der Waals surface area contributed by atoms with Gasteiger partial charge in [0.2, 0.25) is 0 Å². The molecule has 4 fully saturated rings. The van der Waals surface area contributed by atoms with E-state index in [1.54, 1.807) is 11.3 Å². The maximum atomic E-state index is 13.4. The van der Waals surface area contributed by atoms with Crippen LogP contribution < -0.4 is 0 Å². The van der Waals surface area contributed by atoms with Crippen LogP contribution in [-0.4, -0.2) is 35.0 Å². The van der Waals surface area contributed by atoms with Crippen LogP contribution in [0.25, 0.3) is 0 Å². The zero-order valence-electron chi connectivity index (χ0n) is 18.2. The lowest BCUT2D eigenvalue weighted by Crippen LogP contribution is -2.59. The monoisotopic (exact) mass is 568 g/mol. The molecule has 1 saturated heterocycles. The van der Waals surface area contributed by atoms with Gasteiger partial charge in [-0.3, -0.25) is 9.59 Å². The molecule has 32 heavy (non-hydrogen) atoms. The lowest BCUT2D eigenvalue weighted by molar-refractivity contribution is -0.185. The van der Waals surface area contributed by atoms with Gasteiger partial charge in [0, 0.05) is 11.8 Å². The average molecular weight is 568 g/mol. The Kier molecular flexibility index (Phi) is 5.27. The number of Topliss-reactive ketones (excluding diaryl/α,β-unsaturated/α-hetero) is 1. The normalized spacial score (nSPS) is 45.0. The summed E-state index contributed by atoms with van der Waals surface area (Å²) in [4.78, 5) is 26.3. The number of rotatable bonds is 3. The molecule has 0 amide bonds. The van der Waals surface area contributed by atoms with E-state index in [4.69, 9.17) is 9.47 Å². The molecule has 3 saturated carbocycles. The van der Waals surface area contributed by atoms with Crippen LogP contribution in [0.5, 0.6) is 0 Å². The third-order valence-corrected chi connectivity index (χ3v) is 11.3. The Bertz CT molecular complexity index is 1000. The average Bonchev–Trinajstić information content (AvgIpc) is 3.44. The first-order valence-corrected chi connectivity index (χ1v) is 13.7. The third-order valence-electron chi connectivity index (χ3n) is 9.42. The highest BCUT2D eigenvalue weighted by Crippen LogP contribution is 2.69. The molecule has 0 radical (unpaired) electrons. The second kappa shape index (κ2) is 7.70. The van der Waals surface area contributed by atoms with E-state index in [0.717, 1.165) is 46.3 Å². The van der Waals surface area contributed by atoms with Gasteiger partial charge in [0.25, 0.3) is 0 Å². The molecule has 0 bridgehead atoms. The van der Waals surface area contributed by atoms with Crippen molar-refractivity contribution < 1.29 is 24.2 Å². The van der Waals surface area contributed by atoms with Gasteiger partial charge in [0.1, 0.15) is 6.61 Å². The summed E-state index contributed by atoms with van der Waals surface area (Å²) in [6.45, 7) is 1.71. The Morgan fingerprint density at radius 3 is 2.84 bits per heavy atom. The second-order valence-electron chi connectivity index (χ2n) is 10.5. The summed E-state index contributed by atoms with van der Waals surface area (Å²) in [5.74, 6) is 2.02. The van der Waals surface area contributed by atoms with Crippen LogP contribution in [0.15, 0.2) is 23.8 Å². The SMILES string of the molecule is C[C@]12CC[C@H]3[C@@H](CCC4=CC(=O)CC[C@@H]43)[C@@H]1C[C@H]1O[C@H](c3ccc(I)s3)O[C@]12C(=O)CO. The van der Waals surface area contributed by atoms with E-state index in [2.05, 4.69) is 29.5 Å². The molecular weight excluding hydrogens is 539 g/mol. The van der Waals surface area contributed by atoms with Gasteiger partial charge in [-0.05, 0) is 103 Å². The number of aliphatic hydroxyl groups is 1. The molecule has 0 unspecified atom stereocenters. The van der Waals surface area contributed by atoms with Gasteiger partial charge in [-0.25, -0.2) is 0 Å². The van der Waals surface area contributed by atoms with E-state index in [1.807, 2.05) is 18.2 Å². The Hall–Kier alpha value is -0.610. The Morgan fingerprint density at radius 2 is 2.09 bits per heavy atom. The molecule has 5 nitrogen and oxygen atoms in total. The number of aliphatic hydroxyl groups excluding tert-OH is 1. The van der Waals surface area contributed by atoms with Gasteiger partial charge in [0.15, 0.2) is 23.5 Å². The van der Waals surface area contributed by atoms with E-state index in [1.165, 1.54) is 5.57 Å². The van der Waals surface area contributed by atoms with Crippen LogP contribution in [0.2, 0.25) is 0 Å². The largest absolute Gasteiger partial charge is 0.388 e. The van der Waals surface area contributed by atoms with Crippen molar-refractivity contribution in [2.24, 2.45) is 29.1 Å². The summed E-state index contributed by atoms with van der Waals surface area (Å²) in [5.41, 5.74) is -0.0510. The number of thiophene rings is 1. The molecule has 1 aromatic rings. The van der Waals surface area contributed by atoms with Crippen molar-refractivity contribution in [3.63, 3.8) is 0 Å². The van der Waals surface area contributed by atoms with E-state index < -0.39 is 18.5 Å². The number of allylic oxidation sites excluding steroid dienone is 1. The number of carbonyl (C=O) groups excluding carboxylic acids is 2. The van der Waals surface area contributed by atoms with Crippen LogP contribution in [0.1, 0.15) is 63.0 Å². The molecule has 8 atom stereocenters. The van der Waals surface area contributed by atoms with Crippen molar-refractivity contribution in [2.45, 2.75) is 69.9 Å². The standard InChI is InChI=1S/C25H29IO5S/c1-24-9-8-16-15-5-3-14(28)10-13(15)2-4-17(16)18(24)11-21-25(24,20(29)12-27)31-23(30-21)19-6-7-22(26)32-19/h6-7,10,15-18,21,23,27H,2-5,8-9,11-12H2,1H3/t15-,16+,17+,18-,21+,23-,24-,25+/m0/s1. The fourth-order valence-electron chi connectivity index (χ4n) is 8.13. The molecule has 1 aliphatic heterocycles. The van der Waals surface area contributed by atoms with Gasteiger partial charge in [-0.2, -0.15) is 0 Å². The minimum atomic E-state index is -1.07. The van der Waals surface area contributed by atoms with Crippen LogP contribution in [-0.2, 0) is 19.1 Å². The maximum Gasteiger partial charge on any atom is 0.194 e. The Morgan fingerprint density at radius 1 is 1.25 bits per heavy atom. The Balaban J connectivity index is 1.35. The fraction of sp³-hybridized carbons (Fsp3) is 0.680. The molecule has 2 heterocycles. The van der Waals surface area contributed by atoms with Crippen molar-refractivity contribution in [1.82, 2.24) is 0 Å². The number of ketones is 2. The van der Waals surface area contributed by atoms with E-state index in [-0.39, 0.29) is 23.1 Å². The topological polar surface area (TPSA) is 72.8 Å². The molecule has 7 heteroatoms. The summed E-state index contributed by atoms with van der Waals surface area (Å²) in [6.07, 6.45) is 7.55. The van der Waals surface area contributed by atoms with Crippen molar-refractivity contribution in [3.05, 3.63) is 31.5 Å². The molecule has 1 aromatic heterocycles. The number of hydrogen-bond donors (Lipinski definition) is 1. The van der Waals surface area contributed by atoms with Gasteiger partial charge in [-0.1, -0.05) is 12.5 Å². The highest BCUT2D eigenvalue weighted by atomic mass is 127. The summed E-state index contributed by atoms with van der Waals surface area (Å²) in [7, 11) is 0. The lowest BCUT2D eigenvalue weighted by atomic mass is 9.50. The van der Waals surface area contributed by atoms with E-state index >= 15 is 0 Å². The van der Waals surface area contributed by atoms with Crippen LogP contribution >= 0.6 is 33.9 Å². The molecule has 0 spiro atoms. The van der Waals surface area contributed by atoms with Crippen LogP contribution in [0.4, 0.5) is 0 Å². The van der Waals surface area contributed by atoms with Gasteiger partial charge < -0.3 is 14.6 Å². The molecule has 6 rings (SSSR count). The van der Waals surface area contributed by atoms with E-state index in [9.17, 15) is 14.7 Å². The second-order valence-corrected chi connectivity index (χ2v) is 13.5. The number of hydrogen-bond acceptors (Lipinski definition) is 6. The fourth-order valence-corrected chi connectivity index (χ4v) is 9.77. The molecule has 5 aliphatic rings. The molecule has 1 N–H and O–H groups in total. The predicted molar refractivity (Wildman–Crippen MR) is 128 cm³/mol. The summed E-state index contributed by atoms with van der Waals surface area (Å²) in [6, 6.07) is 4.06. The molecule has 172 valence electrons. The first kappa shape index (κ1) is 21.9. The molecule has 0 aromatic carbocycles. The van der Waals surface area contributed by atoms with Crippen molar-refractivity contribution in [2.75, 3.05) is 6.61 Å². The first-order valence-electron chi connectivity index (χ1n) is 11.8. The number of halogens is 1. The highest BCUT2D eigenvalue weighted by Gasteiger charge is 2.74. The molecular formula is C25H29IO5S. The minimum absolute atomic E-state index is 0.223. The van der Waals surface area contributed by atoms with Crippen molar-refractivity contribution >= 4 is 45.5 Å². The lowest BCUT2D eigenvalue weighted by Gasteiger charge is -2.55. The molecule has 4 aliphatic carbocycles. The van der Waals surface area contributed by atoms with Gasteiger partial charge >= 0.3 is 0 Å². The smallest absolute Gasteiger partial charge is 0.194 e. The number of ether oxygens (including phenoxy) is 2. The summed E-state index contributed by atoms with van der Waals surface area (Å²) in [5, 5.41) is 9.99. The zero-order valence-corrected chi connectivity index (χ0v) is 21.2. The van der Waals surface area contributed by atoms with Gasteiger partial charge in [0.05, 0.1) is 13.9 Å². The maximum absolute atomic E-state index is 13.4. The zero-order chi connectivity index (χ0) is 22.3. The predicted octanol–water partition coefficient (Wildman–Crippen LogP) is 4.82. The Labute approximate surface area is 206 Å². The highest BCUT2D eigenvalue weighted by molar-refractivity contribution is 14.1. The first-order chi connectivity index (χ1) is 15.4. The number of fused-ring (bicyclic) bond motifs is 7. The third kappa shape index (κ3) is 2.90. The summed E-state index contributed by atoms with van der Waals surface area (Å²) >= 11 is 3.92. The van der Waals surface area contributed by atoms with Crippen molar-refractivity contribution in [3.8, 4) is 0 Å². The minimum Gasteiger partial charge on any atom is -0.388 e. The van der Waals surface area contributed by atoms with Crippen molar-refractivity contribution in [1.29, 1.82) is 0 Å². The van der Waals surface area contributed by atoms with Crippen LogP contribution in [0.3, 0.4) is 0 Å².